The van der Waals surface area contributed by atoms with Crippen molar-refractivity contribution in [3.05, 3.63) is 24.3 Å². The Hall–Kier alpha value is -1.37. The van der Waals surface area contributed by atoms with Gasteiger partial charge in [-0.1, -0.05) is 34.8 Å². The molecule has 0 amide bonds. The molecule has 0 fully saturated rings. The van der Waals surface area contributed by atoms with E-state index in [1.807, 2.05) is 0 Å². The van der Waals surface area contributed by atoms with Crippen LogP contribution >= 0.6 is 34.8 Å². The number of carbonyl (C=O) groups excluding carboxylic acids is 1. The molecule has 0 saturated carbocycles. The Labute approximate surface area is 167 Å². The van der Waals surface area contributed by atoms with E-state index in [9.17, 15) is 4.79 Å². The molecule has 1 aromatic rings. The predicted octanol–water partition coefficient (Wildman–Crippen LogP) is 3.95. The number of rotatable bonds is 6. The quantitative estimate of drug-likeness (QED) is 0.511. The molecule has 9 heteroatoms. The number of methoxy groups -OCH3 is 1. The highest BCUT2D eigenvalue weighted by Crippen LogP contribution is 2.34. The molecule has 1 aliphatic heterocycles. The first kappa shape index (κ1) is 20.9. The highest BCUT2D eigenvalue weighted by atomic mass is 35.6. The number of alkyl halides is 3. The van der Waals surface area contributed by atoms with Gasteiger partial charge in [0.15, 0.2) is 6.10 Å². The molecule has 1 aliphatic rings. The van der Waals surface area contributed by atoms with Crippen molar-refractivity contribution in [2.24, 2.45) is 4.99 Å². The molecule has 26 heavy (non-hydrogen) atoms. The summed E-state index contributed by atoms with van der Waals surface area (Å²) in [7, 11) is 1.58. The van der Waals surface area contributed by atoms with Crippen molar-refractivity contribution in [3.63, 3.8) is 0 Å². The lowest BCUT2D eigenvalue weighted by molar-refractivity contribution is -0.144. The second kappa shape index (κ2) is 9.02. The van der Waals surface area contributed by atoms with Gasteiger partial charge in [-0.3, -0.25) is 4.79 Å². The van der Waals surface area contributed by atoms with Gasteiger partial charge in [-0.15, -0.1) is 0 Å². The standard InChI is InChI=1S/C17H20Cl3NO5/c1-4-24-14(22)9-13-15(10(2)25-16(21-13)17(18,19)20)26-12-7-5-11(23-3)6-8-12/h5-8,10,13,15H,4,9H2,1-3H3/t10-,13+,15+/m1/s1. The summed E-state index contributed by atoms with van der Waals surface area (Å²) in [4.78, 5) is 16.2. The van der Waals surface area contributed by atoms with Gasteiger partial charge >= 0.3 is 5.97 Å². The number of benzene rings is 1. The summed E-state index contributed by atoms with van der Waals surface area (Å²) in [5.74, 6) is 0.791. The maximum atomic E-state index is 12.0. The summed E-state index contributed by atoms with van der Waals surface area (Å²) in [6, 6.07) is 6.41. The summed E-state index contributed by atoms with van der Waals surface area (Å²) in [5.41, 5.74) is 0. The van der Waals surface area contributed by atoms with E-state index in [1.54, 1.807) is 45.2 Å². The van der Waals surface area contributed by atoms with Crippen LogP contribution in [-0.4, -0.2) is 47.6 Å². The van der Waals surface area contributed by atoms with Crippen molar-refractivity contribution in [1.82, 2.24) is 0 Å². The van der Waals surface area contributed by atoms with Gasteiger partial charge in [0, 0.05) is 0 Å². The minimum atomic E-state index is -1.83. The average Bonchev–Trinajstić information content (AvgIpc) is 2.57. The number of hydrogen-bond acceptors (Lipinski definition) is 6. The Balaban J connectivity index is 2.24. The number of ether oxygens (including phenoxy) is 4. The summed E-state index contributed by atoms with van der Waals surface area (Å²) in [5, 5.41) is 0. The average molecular weight is 425 g/mol. The largest absolute Gasteiger partial charge is 0.497 e. The van der Waals surface area contributed by atoms with Gasteiger partial charge in [0.05, 0.1) is 20.1 Å². The van der Waals surface area contributed by atoms with Gasteiger partial charge in [-0.25, -0.2) is 4.99 Å². The summed E-state index contributed by atoms with van der Waals surface area (Å²) < 4.78 is 19.9. The smallest absolute Gasteiger partial charge is 0.308 e. The lowest BCUT2D eigenvalue weighted by Crippen LogP contribution is -2.49. The van der Waals surface area contributed by atoms with E-state index in [2.05, 4.69) is 4.99 Å². The molecule has 0 radical (unpaired) electrons. The zero-order valence-electron chi connectivity index (χ0n) is 14.6. The first-order chi connectivity index (χ1) is 12.2. The molecular formula is C17H20Cl3NO5. The molecular weight excluding hydrogens is 405 g/mol. The minimum Gasteiger partial charge on any atom is -0.497 e. The Morgan fingerprint density at radius 2 is 1.85 bits per heavy atom. The van der Waals surface area contributed by atoms with Crippen molar-refractivity contribution in [1.29, 1.82) is 0 Å². The molecule has 1 heterocycles. The highest BCUT2D eigenvalue weighted by molar-refractivity contribution is 6.76. The van der Waals surface area contributed by atoms with E-state index in [-0.39, 0.29) is 18.9 Å². The van der Waals surface area contributed by atoms with Crippen LogP contribution in [0.4, 0.5) is 0 Å². The topological polar surface area (TPSA) is 66.4 Å². The van der Waals surface area contributed by atoms with Crippen LogP contribution in [0.25, 0.3) is 0 Å². The zero-order chi connectivity index (χ0) is 19.3. The predicted molar refractivity (Wildman–Crippen MR) is 101 cm³/mol. The molecule has 2 rings (SSSR count). The van der Waals surface area contributed by atoms with Crippen LogP contribution in [0.5, 0.6) is 11.5 Å². The first-order valence-corrected chi connectivity index (χ1v) is 9.16. The van der Waals surface area contributed by atoms with Crippen LogP contribution in [0, 0.1) is 0 Å². The molecule has 0 aliphatic carbocycles. The molecule has 0 N–H and O–H groups in total. The van der Waals surface area contributed by atoms with E-state index in [1.165, 1.54) is 0 Å². The number of esters is 1. The van der Waals surface area contributed by atoms with E-state index < -0.39 is 28.0 Å². The van der Waals surface area contributed by atoms with Crippen molar-refractivity contribution >= 4 is 46.7 Å². The number of aliphatic imine (C=N–C) groups is 1. The van der Waals surface area contributed by atoms with E-state index in [4.69, 9.17) is 53.8 Å². The number of nitrogens with zero attached hydrogens (tertiary/aromatic N) is 1. The molecule has 0 bridgehead atoms. The molecule has 0 saturated heterocycles. The molecule has 0 unspecified atom stereocenters. The van der Waals surface area contributed by atoms with Gasteiger partial charge in [0.25, 0.3) is 3.79 Å². The minimum absolute atomic E-state index is 0.0212. The van der Waals surface area contributed by atoms with Crippen molar-refractivity contribution in [3.8, 4) is 11.5 Å². The van der Waals surface area contributed by atoms with E-state index in [0.717, 1.165) is 0 Å². The summed E-state index contributed by atoms with van der Waals surface area (Å²) in [6.45, 7) is 3.76. The Morgan fingerprint density at radius 1 is 1.23 bits per heavy atom. The van der Waals surface area contributed by atoms with Crippen LogP contribution < -0.4 is 9.47 Å². The highest BCUT2D eigenvalue weighted by Gasteiger charge is 2.42. The lowest BCUT2D eigenvalue weighted by Gasteiger charge is -2.36. The van der Waals surface area contributed by atoms with Crippen LogP contribution in [-0.2, 0) is 14.3 Å². The fraction of sp³-hybridized carbons (Fsp3) is 0.529. The summed E-state index contributed by atoms with van der Waals surface area (Å²) in [6.07, 6.45) is -1.09. The third kappa shape index (κ3) is 5.56. The fourth-order valence-corrected chi connectivity index (χ4v) is 2.77. The normalized spacial score (nSPS) is 22.8. The lowest BCUT2D eigenvalue weighted by atomic mass is 10.0. The van der Waals surface area contributed by atoms with Crippen molar-refractivity contribution < 1.29 is 23.7 Å². The van der Waals surface area contributed by atoms with Gasteiger partial charge in [0.2, 0.25) is 5.90 Å². The van der Waals surface area contributed by atoms with Gasteiger partial charge in [-0.05, 0) is 38.1 Å². The van der Waals surface area contributed by atoms with Gasteiger partial charge < -0.3 is 18.9 Å². The van der Waals surface area contributed by atoms with Crippen molar-refractivity contribution in [2.45, 2.75) is 42.3 Å². The maximum Gasteiger partial charge on any atom is 0.308 e. The Bertz CT molecular complexity index is 645. The van der Waals surface area contributed by atoms with E-state index >= 15 is 0 Å². The maximum absolute atomic E-state index is 12.0. The molecule has 3 atom stereocenters. The molecule has 0 spiro atoms. The third-order valence-electron chi connectivity index (χ3n) is 3.68. The molecule has 6 nitrogen and oxygen atoms in total. The zero-order valence-corrected chi connectivity index (χ0v) is 16.8. The van der Waals surface area contributed by atoms with Crippen LogP contribution in [0.2, 0.25) is 0 Å². The second-order valence-corrected chi connectivity index (χ2v) is 7.87. The van der Waals surface area contributed by atoms with Crippen molar-refractivity contribution in [2.75, 3.05) is 13.7 Å². The monoisotopic (exact) mass is 423 g/mol. The first-order valence-electron chi connectivity index (χ1n) is 8.02. The van der Waals surface area contributed by atoms with Gasteiger partial charge in [0.1, 0.15) is 23.6 Å². The van der Waals surface area contributed by atoms with Crippen LogP contribution in [0.15, 0.2) is 29.3 Å². The SMILES string of the molecule is CCOC(=O)C[C@@H]1N=C(C(Cl)(Cl)Cl)O[C@H](C)[C@@H]1Oc1ccc(OC)cc1. The fourth-order valence-electron chi connectivity index (χ4n) is 2.49. The number of hydrogen-bond donors (Lipinski definition) is 0. The van der Waals surface area contributed by atoms with E-state index in [0.29, 0.717) is 11.5 Å². The van der Waals surface area contributed by atoms with Crippen LogP contribution in [0.1, 0.15) is 20.3 Å². The van der Waals surface area contributed by atoms with Gasteiger partial charge in [-0.2, -0.15) is 0 Å². The Kier molecular flexibility index (Phi) is 7.26. The second-order valence-electron chi connectivity index (χ2n) is 5.59. The Morgan fingerprint density at radius 3 is 2.38 bits per heavy atom. The molecule has 144 valence electrons. The molecule has 0 aromatic heterocycles. The number of carbonyl (C=O) groups is 1. The number of halogens is 3. The van der Waals surface area contributed by atoms with Crippen LogP contribution in [0.3, 0.4) is 0 Å². The third-order valence-corrected chi connectivity index (χ3v) is 4.16. The molecule has 1 aromatic carbocycles. The summed E-state index contributed by atoms with van der Waals surface area (Å²) >= 11 is 17.7.